The number of aryl methyl sites for hydroxylation is 1. The number of nitrogens with zero attached hydrogens (tertiary/aromatic N) is 2. The predicted molar refractivity (Wildman–Crippen MR) is 69.3 cm³/mol. The molecule has 0 fully saturated rings. The third-order valence-corrected chi connectivity index (χ3v) is 2.89. The molecule has 0 amide bonds. The molecule has 96 valence electrons. The van der Waals surface area contributed by atoms with E-state index in [1.54, 1.807) is 13.3 Å². The normalized spacial score (nSPS) is 12.4. The van der Waals surface area contributed by atoms with Crippen LogP contribution in [0.25, 0.3) is 0 Å². The molecule has 1 aromatic carbocycles. The minimum atomic E-state index is -0.444. The van der Waals surface area contributed by atoms with Gasteiger partial charge >= 0.3 is 0 Å². The highest BCUT2D eigenvalue weighted by Gasteiger charge is 2.03. The van der Waals surface area contributed by atoms with Crippen molar-refractivity contribution in [1.29, 1.82) is 0 Å². The number of aliphatic hydroxyl groups is 1. The molecule has 1 unspecified atom stereocenters. The Hall–Kier alpha value is -1.81. The van der Waals surface area contributed by atoms with Crippen LogP contribution in [0.2, 0.25) is 0 Å². The first-order chi connectivity index (χ1) is 8.70. The molecule has 4 heteroatoms. The van der Waals surface area contributed by atoms with Gasteiger partial charge in [-0.05, 0) is 31.5 Å². The van der Waals surface area contributed by atoms with Gasteiger partial charge in [0, 0.05) is 6.54 Å². The van der Waals surface area contributed by atoms with Gasteiger partial charge in [0.2, 0.25) is 0 Å². The predicted octanol–water partition coefficient (Wildman–Crippen LogP) is 2.54. The number of hydrogen-bond donors (Lipinski definition) is 1. The summed E-state index contributed by atoms with van der Waals surface area (Å²) in [4.78, 5) is 4.09. The molecule has 0 aliphatic heterocycles. The molecule has 0 spiro atoms. The lowest BCUT2D eigenvalue weighted by Crippen LogP contribution is -2.03. The summed E-state index contributed by atoms with van der Waals surface area (Å²) in [5.74, 6) is 0.795. The molecule has 18 heavy (non-hydrogen) atoms. The molecule has 1 aromatic heterocycles. The lowest BCUT2D eigenvalue weighted by Gasteiger charge is -2.09. The second kappa shape index (κ2) is 5.69. The molecule has 4 nitrogen and oxygen atoms in total. The minimum absolute atomic E-state index is 0.444. The monoisotopic (exact) mass is 246 g/mol. The number of aliphatic hydroxyl groups excluding tert-OH is 1. The average molecular weight is 246 g/mol. The molecule has 0 saturated carbocycles. The Labute approximate surface area is 107 Å². The molecule has 1 atom stereocenters. The van der Waals surface area contributed by atoms with E-state index in [9.17, 15) is 5.11 Å². The summed E-state index contributed by atoms with van der Waals surface area (Å²) in [5.41, 5.74) is 1.94. The van der Waals surface area contributed by atoms with Crippen LogP contribution in [0, 0.1) is 0 Å². The number of aromatic nitrogens is 2. The van der Waals surface area contributed by atoms with E-state index in [0.29, 0.717) is 6.61 Å². The zero-order chi connectivity index (χ0) is 13.0. The summed E-state index contributed by atoms with van der Waals surface area (Å²) in [6.45, 7) is 5.21. The second-order valence-electron chi connectivity index (χ2n) is 4.20. The smallest absolute Gasteiger partial charge is 0.130 e. The molecule has 0 saturated heterocycles. The first-order valence-corrected chi connectivity index (χ1v) is 6.10. The highest BCUT2D eigenvalue weighted by atomic mass is 16.5. The molecule has 0 aliphatic carbocycles. The van der Waals surface area contributed by atoms with E-state index in [4.69, 9.17) is 4.74 Å². The number of benzene rings is 1. The van der Waals surface area contributed by atoms with Gasteiger partial charge in [0.25, 0.3) is 0 Å². The van der Waals surface area contributed by atoms with Crippen LogP contribution in [0.5, 0.6) is 5.75 Å². The van der Waals surface area contributed by atoms with E-state index in [1.165, 1.54) is 0 Å². The van der Waals surface area contributed by atoms with Crippen molar-refractivity contribution in [3.63, 3.8) is 0 Å². The van der Waals surface area contributed by atoms with E-state index in [2.05, 4.69) is 11.9 Å². The van der Waals surface area contributed by atoms with E-state index in [1.807, 2.05) is 35.0 Å². The lowest BCUT2D eigenvalue weighted by molar-refractivity contribution is 0.199. The molecule has 0 aliphatic rings. The van der Waals surface area contributed by atoms with Crippen LogP contribution in [0.4, 0.5) is 0 Å². The van der Waals surface area contributed by atoms with Crippen molar-refractivity contribution in [2.75, 3.05) is 0 Å². The summed E-state index contributed by atoms with van der Waals surface area (Å²) in [5, 5.41) is 9.41. The SMILES string of the molecule is CCn1cncc1COc1ccc(C(C)O)cc1. The van der Waals surface area contributed by atoms with E-state index in [0.717, 1.165) is 23.6 Å². The maximum atomic E-state index is 9.41. The van der Waals surface area contributed by atoms with Crippen LogP contribution in [0.3, 0.4) is 0 Å². The van der Waals surface area contributed by atoms with Gasteiger partial charge in [-0.15, -0.1) is 0 Å². The van der Waals surface area contributed by atoms with Crippen molar-refractivity contribution < 1.29 is 9.84 Å². The Morgan fingerprint density at radius 1 is 1.33 bits per heavy atom. The Morgan fingerprint density at radius 3 is 2.67 bits per heavy atom. The highest BCUT2D eigenvalue weighted by Crippen LogP contribution is 2.18. The molecular weight excluding hydrogens is 228 g/mol. The first kappa shape index (κ1) is 12.6. The molecule has 1 N–H and O–H groups in total. The summed E-state index contributed by atoms with van der Waals surface area (Å²) in [7, 11) is 0. The summed E-state index contributed by atoms with van der Waals surface area (Å²) < 4.78 is 7.73. The van der Waals surface area contributed by atoms with Crippen molar-refractivity contribution >= 4 is 0 Å². The number of rotatable bonds is 5. The minimum Gasteiger partial charge on any atom is -0.487 e. The van der Waals surface area contributed by atoms with Gasteiger partial charge in [0.05, 0.1) is 24.3 Å². The van der Waals surface area contributed by atoms with Crippen molar-refractivity contribution in [3.05, 3.63) is 48.0 Å². The molecule has 2 rings (SSSR count). The lowest BCUT2D eigenvalue weighted by atomic mass is 10.1. The largest absolute Gasteiger partial charge is 0.487 e. The fourth-order valence-electron chi connectivity index (χ4n) is 1.75. The van der Waals surface area contributed by atoms with Gasteiger partial charge in [-0.2, -0.15) is 0 Å². The summed E-state index contributed by atoms with van der Waals surface area (Å²) >= 11 is 0. The van der Waals surface area contributed by atoms with Gasteiger partial charge in [-0.25, -0.2) is 4.98 Å². The van der Waals surface area contributed by atoms with Crippen LogP contribution >= 0.6 is 0 Å². The van der Waals surface area contributed by atoms with Gasteiger partial charge < -0.3 is 14.4 Å². The topological polar surface area (TPSA) is 47.3 Å². The van der Waals surface area contributed by atoms with Crippen LogP contribution in [-0.4, -0.2) is 14.7 Å². The van der Waals surface area contributed by atoms with Gasteiger partial charge in [-0.3, -0.25) is 0 Å². The summed E-state index contributed by atoms with van der Waals surface area (Å²) in [6.07, 6.45) is 3.17. The Bertz CT molecular complexity index is 489. The third-order valence-electron chi connectivity index (χ3n) is 2.89. The molecule has 1 heterocycles. The van der Waals surface area contributed by atoms with Crippen molar-refractivity contribution in [2.45, 2.75) is 33.1 Å². The molecule has 2 aromatic rings. The Balaban J connectivity index is 1.98. The van der Waals surface area contributed by atoms with Gasteiger partial charge in [-0.1, -0.05) is 12.1 Å². The van der Waals surface area contributed by atoms with E-state index in [-0.39, 0.29) is 0 Å². The van der Waals surface area contributed by atoms with Crippen molar-refractivity contribution in [2.24, 2.45) is 0 Å². The molecule has 0 radical (unpaired) electrons. The summed E-state index contributed by atoms with van der Waals surface area (Å²) in [6, 6.07) is 7.48. The quantitative estimate of drug-likeness (QED) is 0.882. The van der Waals surface area contributed by atoms with E-state index < -0.39 is 6.10 Å². The van der Waals surface area contributed by atoms with E-state index >= 15 is 0 Å². The van der Waals surface area contributed by atoms with Gasteiger partial charge in [0.1, 0.15) is 12.4 Å². The maximum Gasteiger partial charge on any atom is 0.130 e. The average Bonchev–Trinajstić information content (AvgIpc) is 2.84. The van der Waals surface area contributed by atoms with Gasteiger partial charge in [0.15, 0.2) is 0 Å². The zero-order valence-corrected chi connectivity index (χ0v) is 10.7. The van der Waals surface area contributed by atoms with Crippen molar-refractivity contribution in [3.8, 4) is 5.75 Å². The fraction of sp³-hybridized carbons (Fsp3) is 0.357. The van der Waals surface area contributed by atoms with Crippen LogP contribution in [0.1, 0.15) is 31.2 Å². The van der Waals surface area contributed by atoms with Crippen LogP contribution in [0.15, 0.2) is 36.8 Å². The molecule has 0 bridgehead atoms. The van der Waals surface area contributed by atoms with Crippen molar-refractivity contribution in [1.82, 2.24) is 9.55 Å². The number of hydrogen-bond acceptors (Lipinski definition) is 3. The maximum absolute atomic E-state index is 9.41. The standard InChI is InChI=1S/C14H18N2O2/c1-3-16-10-15-8-13(16)9-18-14-6-4-12(5-7-14)11(2)17/h4-8,10-11,17H,3,9H2,1-2H3. The van der Waals surface area contributed by atoms with Crippen LogP contribution in [-0.2, 0) is 13.2 Å². The first-order valence-electron chi connectivity index (χ1n) is 6.10. The number of ether oxygens (including phenoxy) is 1. The zero-order valence-electron chi connectivity index (χ0n) is 10.7. The van der Waals surface area contributed by atoms with Crippen LogP contribution < -0.4 is 4.74 Å². The Morgan fingerprint density at radius 2 is 2.06 bits per heavy atom. The highest BCUT2D eigenvalue weighted by molar-refractivity contribution is 5.28. The number of imidazole rings is 1. The fourth-order valence-corrected chi connectivity index (χ4v) is 1.75. The molecular formula is C14H18N2O2. The second-order valence-corrected chi connectivity index (χ2v) is 4.20. The third kappa shape index (κ3) is 2.90. The Kier molecular flexibility index (Phi) is 3.99.